The summed E-state index contributed by atoms with van der Waals surface area (Å²) in [5, 5.41) is 9.86. The quantitative estimate of drug-likeness (QED) is 0.897. The Bertz CT molecular complexity index is 530. The predicted octanol–water partition coefficient (Wildman–Crippen LogP) is 3.31. The second kappa shape index (κ2) is 7.15. The van der Waals surface area contributed by atoms with Gasteiger partial charge >= 0.3 is 0 Å². The maximum atomic E-state index is 9.86. The summed E-state index contributed by atoms with van der Waals surface area (Å²) in [4.78, 5) is 5.16. The van der Waals surface area contributed by atoms with Crippen LogP contribution in [0.15, 0.2) is 24.3 Å². The van der Waals surface area contributed by atoms with E-state index in [9.17, 15) is 5.11 Å². The van der Waals surface area contributed by atoms with E-state index < -0.39 is 5.60 Å². The molecule has 1 atom stereocenters. The molecule has 2 heterocycles. The van der Waals surface area contributed by atoms with Gasteiger partial charge in [0.25, 0.3) is 0 Å². The first-order chi connectivity index (χ1) is 11.3. The van der Waals surface area contributed by atoms with Crippen molar-refractivity contribution >= 4 is 0 Å². The van der Waals surface area contributed by atoms with Crippen LogP contribution in [0.25, 0.3) is 0 Å². The highest BCUT2D eigenvalue weighted by Crippen LogP contribution is 2.38. The molecule has 1 aromatic carbocycles. The van der Waals surface area contributed by atoms with Crippen LogP contribution >= 0.6 is 0 Å². The number of piperidine rings is 1. The largest absolute Gasteiger partial charge is 0.390 e. The lowest BCUT2D eigenvalue weighted by atomic mass is 9.79. The molecule has 0 saturated carbocycles. The summed E-state index contributed by atoms with van der Waals surface area (Å²) in [5.41, 5.74) is 2.73. The number of benzene rings is 1. The Kier molecular flexibility index (Phi) is 5.33. The Morgan fingerprint density at radius 2 is 1.75 bits per heavy atom. The molecule has 3 nitrogen and oxygen atoms in total. The van der Waals surface area contributed by atoms with E-state index in [1.165, 1.54) is 56.6 Å². The molecule has 0 aromatic heterocycles. The zero-order chi connectivity index (χ0) is 17.2. The zero-order valence-corrected chi connectivity index (χ0v) is 15.7. The summed E-state index contributed by atoms with van der Waals surface area (Å²) in [6, 6.07) is 9.04. The molecule has 0 bridgehead atoms. The summed E-state index contributed by atoms with van der Waals surface area (Å²) in [6.45, 7) is 9.89. The van der Waals surface area contributed by atoms with Crippen LogP contribution < -0.4 is 0 Å². The fraction of sp³-hybridized carbons (Fsp3) is 0.714. The van der Waals surface area contributed by atoms with Gasteiger partial charge in [0, 0.05) is 19.6 Å². The van der Waals surface area contributed by atoms with Gasteiger partial charge in [-0.25, -0.2) is 0 Å². The molecular formula is C21H34N2O. The van der Waals surface area contributed by atoms with E-state index in [1.54, 1.807) is 0 Å². The number of aryl methyl sites for hydroxylation is 1. The highest BCUT2D eigenvalue weighted by molar-refractivity contribution is 5.23. The third-order valence-electron chi connectivity index (χ3n) is 5.82. The number of rotatable bonds is 5. The van der Waals surface area contributed by atoms with E-state index in [0.717, 1.165) is 19.4 Å². The molecule has 1 spiro atoms. The first-order valence-electron chi connectivity index (χ1n) is 9.55. The van der Waals surface area contributed by atoms with E-state index in [-0.39, 0.29) is 0 Å². The Labute approximate surface area is 147 Å². The molecule has 0 amide bonds. The second-order valence-corrected chi connectivity index (χ2v) is 8.93. The topological polar surface area (TPSA) is 26.7 Å². The number of likely N-dealkylation sites (tertiary alicyclic amines) is 2. The molecule has 1 unspecified atom stereocenters. The van der Waals surface area contributed by atoms with Crippen molar-refractivity contribution in [1.82, 2.24) is 9.80 Å². The Balaban J connectivity index is 1.54. The third kappa shape index (κ3) is 4.81. The SMILES string of the molecule is CN1CCC2(CCCN(Cc3ccc(CCC(C)(C)O)cc3)C2)C1. The normalized spacial score (nSPS) is 26.3. The van der Waals surface area contributed by atoms with Crippen molar-refractivity contribution in [3.63, 3.8) is 0 Å². The zero-order valence-electron chi connectivity index (χ0n) is 15.7. The minimum Gasteiger partial charge on any atom is -0.390 e. The average Bonchev–Trinajstić information content (AvgIpc) is 2.86. The lowest BCUT2D eigenvalue weighted by Crippen LogP contribution is -2.44. The summed E-state index contributed by atoms with van der Waals surface area (Å²) < 4.78 is 0. The molecule has 24 heavy (non-hydrogen) atoms. The number of hydrogen-bond donors (Lipinski definition) is 1. The predicted molar refractivity (Wildman–Crippen MR) is 100 cm³/mol. The molecule has 0 aliphatic carbocycles. The van der Waals surface area contributed by atoms with Crippen molar-refractivity contribution in [1.29, 1.82) is 0 Å². The van der Waals surface area contributed by atoms with E-state index in [1.807, 2.05) is 13.8 Å². The number of nitrogens with zero attached hydrogens (tertiary/aromatic N) is 2. The van der Waals surface area contributed by atoms with Crippen molar-refractivity contribution in [3.05, 3.63) is 35.4 Å². The van der Waals surface area contributed by atoms with Crippen molar-refractivity contribution in [2.75, 3.05) is 33.2 Å². The molecule has 2 saturated heterocycles. The van der Waals surface area contributed by atoms with Crippen LogP contribution in [0.2, 0.25) is 0 Å². The standard InChI is InChI=1S/C21H34N2O/c1-20(2,24)11-9-18-5-7-19(8-6-18)15-23-13-4-10-21(17-23)12-14-22(3)16-21/h5-8,24H,4,9-17H2,1-3H3. The lowest BCUT2D eigenvalue weighted by Gasteiger charge is -2.40. The second-order valence-electron chi connectivity index (χ2n) is 8.93. The van der Waals surface area contributed by atoms with Gasteiger partial charge in [-0.05, 0) is 82.6 Å². The van der Waals surface area contributed by atoms with Gasteiger partial charge in [0.15, 0.2) is 0 Å². The van der Waals surface area contributed by atoms with Gasteiger partial charge in [-0.1, -0.05) is 24.3 Å². The van der Waals surface area contributed by atoms with Crippen LogP contribution in [-0.4, -0.2) is 53.7 Å². The van der Waals surface area contributed by atoms with Crippen LogP contribution in [0.1, 0.15) is 50.7 Å². The van der Waals surface area contributed by atoms with Crippen molar-refractivity contribution in [2.24, 2.45) is 5.41 Å². The van der Waals surface area contributed by atoms with Crippen molar-refractivity contribution < 1.29 is 5.11 Å². The molecule has 1 N–H and O–H groups in total. The van der Waals surface area contributed by atoms with Crippen LogP contribution in [0.3, 0.4) is 0 Å². The highest BCUT2D eigenvalue weighted by atomic mass is 16.3. The van der Waals surface area contributed by atoms with Crippen LogP contribution in [0.4, 0.5) is 0 Å². The van der Waals surface area contributed by atoms with Gasteiger partial charge in [0.05, 0.1) is 5.60 Å². The minimum atomic E-state index is -0.574. The summed E-state index contributed by atoms with van der Waals surface area (Å²) in [7, 11) is 2.26. The Hall–Kier alpha value is -0.900. The molecule has 2 fully saturated rings. The van der Waals surface area contributed by atoms with E-state index >= 15 is 0 Å². The fourth-order valence-electron chi connectivity index (χ4n) is 4.46. The van der Waals surface area contributed by atoms with Gasteiger partial charge < -0.3 is 10.0 Å². The molecule has 3 rings (SSSR count). The van der Waals surface area contributed by atoms with Gasteiger partial charge in [0.1, 0.15) is 0 Å². The first-order valence-corrected chi connectivity index (χ1v) is 9.55. The molecule has 0 radical (unpaired) electrons. The molecule has 3 heteroatoms. The summed E-state index contributed by atoms with van der Waals surface area (Å²) in [6.07, 6.45) is 5.88. The summed E-state index contributed by atoms with van der Waals surface area (Å²) >= 11 is 0. The smallest absolute Gasteiger partial charge is 0.0594 e. The van der Waals surface area contributed by atoms with Crippen LogP contribution in [0, 0.1) is 5.41 Å². The Morgan fingerprint density at radius 3 is 2.38 bits per heavy atom. The fourth-order valence-corrected chi connectivity index (χ4v) is 4.46. The van der Waals surface area contributed by atoms with E-state index in [4.69, 9.17) is 0 Å². The maximum absolute atomic E-state index is 9.86. The monoisotopic (exact) mass is 330 g/mol. The van der Waals surface area contributed by atoms with Crippen LogP contribution in [0.5, 0.6) is 0 Å². The molecule has 2 aliphatic heterocycles. The van der Waals surface area contributed by atoms with Gasteiger partial charge in [-0.3, -0.25) is 4.90 Å². The maximum Gasteiger partial charge on any atom is 0.0594 e. The van der Waals surface area contributed by atoms with Crippen LogP contribution in [-0.2, 0) is 13.0 Å². The van der Waals surface area contributed by atoms with Crippen molar-refractivity contribution in [3.8, 4) is 0 Å². The Morgan fingerprint density at radius 1 is 1.04 bits per heavy atom. The van der Waals surface area contributed by atoms with Crippen molar-refractivity contribution in [2.45, 2.75) is 58.1 Å². The number of hydrogen-bond acceptors (Lipinski definition) is 3. The average molecular weight is 331 g/mol. The third-order valence-corrected chi connectivity index (χ3v) is 5.82. The minimum absolute atomic E-state index is 0.555. The van der Waals surface area contributed by atoms with Gasteiger partial charge in [0.2, 0.25) is 0 Å². The summed E-state index contributed by atoms with van der Waals surface area (Å²) in [5.74, 6) is 0. The molecular weight excluding hydrogens is 296 g/mol. The number of aliphatic hydroxyl groups is 1. The van der Waals surface area contributed by atoms with E-state index in [0.29, 0.717) is 5.41 Å². The lowest BCUT2D eigenvalue weighted by molar-refractivity contribution is 0.0714. The first kappa shape index (κ1) is 17.9. The molecule has 134 valence electrons. The van der Waals surface area contributed by atoms with E-state index in [2.05, 4.69) is 41.1 Å². The highest BCUT2D eigenvalue weighted by Gasteiger charge is 2.39. The van der Waals surface area contributed by atoms with Gasteiger partial charge in [-0.15, -0.1) is 0 Å². The van der Waals surface area contributed by atoms with Gasteiger partial charge in [-0.2, -0.15) is 0 Å². The molecule has 2 aliphatic rings. The molecule has 1 aromatic rings.